The van der Waals surface area contributed by atoms with Crippen LogP contribution in [0.3, 0.4) is 0 Å². The third-order valence-electron chi connectivity index (χ3n) is 6.54. The number of aromatic nitrogens is 3. The molecule has 144 valence electrons. The third-order valence-corrected chi connectivity index (χ3v) is 6.54. The van der Waals surface area contributed by atoms with Crippen molar-refractivity contribution >= 4 is 5.69 Å². The van der Waals surface area contributed by atoms with E-state index < -0.39 is 0 Å². The number of benzene rings is 1. The van der Waals surface area contributed by atoms with Gasteiger partial charge in [0.2, 0.25) is 0 Å². The standard InChI is InChI=1S/C23H27N5/c1-27-17-18(15-26-27)14-25-22-13-23(21-7-3-2-6-20(21)22)8-11-28(12-9-23)19-5-4-10-24-16-19/h2-7,10,15-17,22,25H,8-9,11-14H2,1H3/t22-/m1/s1. The van der Waals surface area contributed by atoms with Crippen molar-refractivity contribution in [2.24, 2.45) is 7.05 Å². The summed E-state index contributed by atoms with van der Waals surface area (Å²) in [5, 5.41) is 8.10. The fraction of sp³-hybridized carbons (Fsp3) is 0.391. The van der Waals surface area contributed by atoms with Gasteiger partial charge in [-0.05, 0) is 42.5 Å². The number of fused-ring (bicyclic) bond motifs is 2. The number of hydrogen-bond donors (Lipinski definition) is 1. The molecule has 0 saturated carbocycles. The van der Waals surface area contributed by atoms with E-state index in [4.69, 9.17) is 0 Å². The van der Waals surface area contributed by atoms with Crippen LogP contribution in [0.2, 0.25) is 0 Å². The zero-order valence-corrected chi connectivity index (χ0v) is 16.4. The summed E-state index contributed by atoms with van der Waals surface area (Å²) in [6, 6.07) is 13.7. The highest BCUT2D eigenvalue weighted by Crippen LogP contribution is 2.51. The quantitative estimate of drug-likeness (QED) is 0.759. The molecule has 5 rings (SSSR count). The molecule has 0 unspecified atom stereocenters. The monoisotopic (exact) mass is 373 g/mol. The summed E-state index contributed by atoms with van der Waals surface area (Å²) < 4.78 is 1.87. The molecule has 2 aromatic heterocycles. The maximum absolute atomic E-state index is 4.29. The maximum atomic E-state index is 4.29. The van der Waals surface area contributed by atoms with Crippen molar-refractivity contribution in [3.05, 3.63) is 77.9 Å². The van der Waals surface area contributed by atoms with Crippen molar-refractivity contribution in [1.29, 1.82) is 0 Å². The summed E-state index contributed by atoms with van der Waals surface area (Å²) in [6.07, 6.45) is 11.5. The molecule has 1 atom stereocenters. The zero-order chi connectivity index (χ0) is 19.0. The van der Waals surface area contributed by atoms with Crippen LogP contribution in [0.1, 0.15) is 42.0 Å². The van der Waals surface area contributed by atoms with Crippen molar-refractivity contribution in [3.63, 3.8) is 0 Å². The fourth-order valence-corrected chi connectivity index (χ4v) is 5.09. The van der Waals surface area contributed by atoms with Gasteiger partial charge in [-0.3, -0.25) is 9.67 Å². The van der Waals surface area contributed by atoms with Crippen LogP contribution in [0.15, 0.2) is 61.2 Å². The lowest BCUT2D eigenvalue weighted by Crippen LogP contribution is -2.42. The molecule has 28 heavy (non-hydrogen) atoms. The lowest BCUT2D eigenvalue weighted by Gasteiger charge is -2.41. The van der Waals surface area contributed by atoms with E-state index in [9.17, 15) is 0 Å². The molecule has 1 fully saturated rings. The molecule has 1 N–H and O–H groups in total. The molecule has 5 nitrogen and oxygen atoms in total. The summed E-state index contributed by atoms with van der Waals surface area (Å²) in [6.45, 7) is 3.05. The Hall–Kier alpha value is -2.66. The van der Waals surface area contributed by atoms with Crippen LogP contribution in [-0.4, -0.2) is 27.9 Å². The second-order valence-corrected chi connectivity index (χ2v) is 8.23. The van der Waals surface area contributed by atoms with Crippen LogP contribution < -0.4 is 10.2 Å². The Morgan fingerprint density at radius 3 is 2.71 bits per heavy atom. The van der Waals surface area contributed by atoms with Gasteiger partial charge < -0.3 is 10.2 Å². The van der Waals surface area contributed by atoms with Crippen molar-refractivity contribution < 1.29 is 0 Å². The first-order valence-corrected chi connectivity index (χ1v) is 10.2. The minimum absolute atomic E-state index is 0.294. The Balaban J connectivity index is 1.33. The summed E-state index contributed by atoms with van der Waals surface area (Å²) in [4.78, 5) is 6.78. The van der Waals surface area contributed by atoms with Crippen molar-refractivity contribution in [2.45, 2.75) is 37.3 Å². The normalized spacial score (nSPS) is 20.5. The molecule has 1 aliphatic heterocycles. The van der Waals surface area contributed by atoms with E-state index in [0.717, 1.165) is 19.6 Å². The second-order valence-electron chi connectivity index (χ2n) is 8.23. The Bertz CT molecular complexity index is 940. The van der Waals surface area contributed by atoms with Crippen LogP contribution >= 0.6 is 0 Å². The number of hydrogen-bond acceptors (Lipinski definition) is 4. The summed E-state index contributed by atoms with van der Waals surface area (Å²) in [5.74, 6) is 0. The van der Waals surface area contributed by atoms with Gasteiger partial charge in [0.1, 0.15) is 0 Å². The number of rotatable bonds is 4. The average molecular weight is 374 g/mol. The Morgan fingerprint density at radius 1 is 1.11 bits per heavy atom. The smallest absolute Gasteiger partial charge is 0.0552 e. The van der Waals surface area contributed by atoms with Crippen molar-refractivity contribution in [3.8, 4) is 0 Å². The fourth-order valence-electron chi connectivity index (χ4n) is 5.09. The van der Waals surface area contributed by atoms with Crippen LogP contribution in [0, 0.1) is 0 Å². The predicted molar refractivity (Wildman–Crippen MR) is 111 cm³/mol. The molecule has 0 radical (unpaired) electrons. The number of aryl methyl sites for hydroxylation is 1. The second kappa shape index (κ2) is 7.06. The SMILES string of the molecule is Cn1cc(CN[C@@H]2CC3(CCN(c4cccnc4)CC3)c3ccccc32)cn1. The minimum Gasteiger partial charge on any atom is -0.370 e. The molecule has 1 spiro atoms. The highest BCUT2D eigenvalue weighted by molar-refractivity contribution is 5.48. The molecule has 1 aliphatic carbocycles. The topological polar surface area (TPSA) is 46.0 Å². The van der Waals surface area contributed by atoms with Gasteiger partial charge in [0.25, 0.3) is 0 Å². The van der Waals surface area contributed by atoms with E-state index in [0.29, 0.717) is 11.5 Å². The zero-order valence-electron chi connectivity index (χ0n) is 16.4. The summed E-state index contributed by atoms with van der Waals surface area (Å²) in [5.41, 5.74) is 5.83. The van der Waals surface area contributed by atoms with E-state index in [-0.39, 0.29) is 0 Å². The van der Waals surface area contributed by atoms with E-state index in [2.05, 4.69) is 56.8 Å². The van der Waals surface area contributed by atoms with E-state index in [1.165, 1.54) is 36.1 Å². The molecule has 3 aromatic rings. The maximum Gasteiger partial charge on any atom is 0.0552 e. The van der Waals surface area contributed by atoms with Gasteiger partial charge >= 0.3 is 0 Å². The first-order chi connectivity index (χ1) is 13.7. The molecule has 0 bridgehead atoms. The van der Waals surface area contributed by atoms with E-state index in [1.54, 1.807) is 5.56 Å². The van der Waals surface area contributed by atoms with Gasteiger partial charge in [0.05, 0.1) is 18.1 Å². The van der Waals surface area contributed by atoms with Crippen LogP contribution in [0.25, 0.3) is 0 Å². The van der Waals surface area contributed by atoms with Gasteiger partial charge in [-0.25, -0.2) is 0 Å². The number of nitrogens with one attached hydrogen (secondary N) is 1. The van der Waals surface area contributed by atoms with Gasteiger partial charge in [0.15, 0.2) is 0 Å². The minimum atomic E-state index is 0.294. The highest BCUT2D eigenvalue weighted by atomic mass is 15.2. The first-order valence-electron chi connectivity index (χ1n) is 10.2. The third kappa shape index (κ3) is 3.10. The lowest BCUT2D eigenvalue weighted by atomic mass is 9.73. The summed E-state index contributed by atoms with van der Waals surface area (Å²) >= 11 is 0. The lowest BCUT2D eigenvalue weighted by molar-refractivity contribution is 0.301. The number of pyridine rings is 1. The molecule has 3 heterocycles. The van der Waals surface area contributed by atoms with Crippen LogP contribution in [0.4, 0.5) is 5.69 Å². The van der Waals surface area contributed by atoms with E-state index >= 15 is 0 Å². The largest absolute Gasteiger partial charge is 0.370 e. The molecule has 5 heteroatoms. The van der Waals surface area contributed by atoms with Crippen molar-refractivity contribution in [2.75, 3.05) is 18.0 Å². The Kier molecular flexibility index (Phi) is 4.40. The molecule has 1 saturated heterocycles. The average Bonchev–Trinajstić information content (AvgIpc) is 3.29. The van der Waals surface area contributed by atoms with Gasteiger partial charge in [0, 0.05) is 56.1 Å². The number of nitrogens with zero attached hydrogens (tertiary/aromatic N) is 4. The Labute approximate surface area is 166 Å². The van der Waals surface area contributed by atoms with Gasteiger partial charge in [-0.2, -0.15) is 5.10 Å². The van der Waals surface area contributed by atoms with Gasteiger partial charge in [-0.15, -0.1) is 0 Å². The molecule has 1 aromatic carbocycles. The molecular weight excluding hydrogens is 346 g/mol. The number of piperidine rings is 1. The molecular formula is C23H27N5. The van der Waals surface area contributed by atoms with Gasteiger partial charge in [-0.1, -0.05) is 24.3 Å². The summed E-state index contributed by atoms with van der Waals surface area (Å²) in [7, 11) is 1.97. The highest BCUT2D eigenvalue weighted by Gasteiger charge is 2.45. The van der Waals surface area contributed by atoms with E-state index in [1.807, 2.05) is 36.4 Å². The van der Waals surface area contributed by atoms with Crippen LogP contribution in [-0.2, 0) is 19.0 Å². The molecule has 0 amide bonds. The predicted octanol–water partition coefficient (Wildman–Crippen LogP) is 3.59. The molecule has 2 aliphatic rings. The first kappa shape index (κ1) is 17.4. The van der Waals surface area contributed by atoms with Crippen LogP contribution in [0.5, 0.6) is 0 Å². The van der Waals surface area contributed by atoms with Crippen molar-refractivity contribution in [1.82, 2.24) is 20.1 Å². The Morgan fingerprint density at radius 2 is 1.96 bits per heavy atom. The number of anilines is 1.